The minimum Gasteiger partial charge on any atom is -0.493 e. The van der Waals surface area contributed by atoms with E-state index in [9.17, 15) is 9.59 Å². The molecule has 39 heavy (non-hydrogen) atoms. The standard InChI is InChI=1S/C30H34BrNO7/c1-7-10-39-30(34)27-16(2)32-21-11-18(17-8-9-23(35-3)24(13-17)36-4)12-22(33)29(21)28(27)19-14-25(37-5)26(38-6)15-20(19)31/h8-9,13-15,18,28,32H,7,10-12H2,1-6H3/t18-,28-/m0/s1. The van der Waals surface area contributed by atoms with Crippen molar-refractivity contribution in [2.75, 3.05) is 35.0 Å². The summed E-state index contributed by atoms with van der Waals surface area (Å²) >= 11 is 3.66. The Kier molecular flexibility index (Phi) is 8.90. The van der Waals surface area contributed by atoms with Gasteiger partial charge in [0.15, 0.2) is 28.8 Å². The Balaban J connectivity index is 1.83. The minimum atomic E-state index is -0.640. The Hall–Kier alpha value is -3.46. The average Bonchev–Trinajstić information content (AvgIpc) is 2.94. The highest BCUT2D eigenvalue weighted by atomic mass is 79.9. The zero-order valence-corrected chi connectivity index (χ0v) is 24.7. The van der Waals surface area contributed by atoms with E-state index in [1.807, 2.05) is 38.1 Å². The first kappa shape index (κ1) is 28.5. The number of halogens is 1. The van der Waals surface area contributed by atoms with Crippen LogP contribution < -0.4 is 24.3 Å². The summed E-state index contributed by atoms with van der Waals surface area (Å²) in [5.74, 6) is 1.09. The molecule has 8 nitrogen and oxygen atoms in total. The number of hydrogen-bond acceptors (Lipinski definition) is 8. The number of carbonyl (C=O) groups is 2. The highest BCUT2D eigenvalue weighted by Crippen LogP contribution is 2.49. The summed E-state index contributed by atoms with van der Waals surface area (Å²) in [4.78, 5) is 27.3. The summed E-state index contributed by atoms with van der Waals surface area (Å²) in [6.07, 6.45) is 1.57. The number of dihydropyridines is 1. The van der Waals surface area contributed by atoms with E-state index in [4.69, 9.17) is 23.7 Å². The number of carbonyl (C=O) groups excluding carboxylic acids is 2. The molecule has 9 heteroatoms. The molecule has 2 aromatic carbocycles. The van der Waals surface area contributed by atoms with Crippen molar-refractivity contribution < 1.29 is 33.3 Å². The third-order valence-electron chi connectivity index (χ3n) is 7.18. The van der Waals surface area contributed by atoms with Crippen LogP contribution >= 0.6 is 15.9 Å². The number of methoxy groups -OCH3 is 4. The lowest BCUT2D eigenvalue weighted by atomic mass is 9.71. The Labute approximate surface area is 237 Å². The molecule has 1 heterocycles. The Bertz CT molecular complexity index is 1350. The van der Waals surface area contributed by atoms with Crippen molar-refractivity contribution >= 4 is 27.7 Å². The maximum Gasteiger partial charge on any atom is 0.336 e. The lowest BCUT2D eigenvalue weighted by Gasteiger charge is -2.37. The van der Waals surface area contributed by atoms with Gasteiger partial charge in [-0.15, -0.1) is 0 Å². The summed E-state index contributed by atoms with van der Waals surface area (Å²) in [6, 6.07) is 9.35. The summed E-state index contributed by atoms with van der Waals surface area (Å²) < 4.78 is 28.2. The van der Waals surface area contributed by atoms with Gasteiger partial charge >= 0.3 is 5.97 Å². The molecule has 0 aromatic heterocycles. The fourth-order valence-electron chi connectivity index (χ4n) is 5.33. The molecule has 1 aliphatic heterocycles. The van der Waals surface area contributed by atoms with E-state index in [1.165, 1.54) is 0 Å². The SMILES string of the molecule is CCCOC(=O)C1=C(C)NC2=C(C(=O)C[C@@H](c3ccc(OC)c(OC)c3)C2)[C@H]1c1cc(OC)c(OC)cc1Br. The molecule has 0 spiro atoms. The molecule has 0 saturated heterocycles. The first-order valence-corrected chi connectivity index (χ1v) is 13.6. The second kappa shape index (κ2) is 12.2. The van der Waals surface area contributed by atoms with Crippen LogP contribution in [-0.4, -0.2) is 46.8 Å². The van der Waals surface area contributed by atoms with E-state index >= 15 is 0 Å². The number of rotatable bonds is 9. The summed E-state index contributed by atoms with van der Waals surface area (Å²) in [5.41, 5.74) is 4.13. The lowest BCUT2D eigenvalue weighted by Crippen LogP contribution is -2.36. The molecule has 0 fully saturated rings. The molecule has 208 valence electrons. The summed E-state index contributed by atoms with van der Waals surface area (Å²) in [5, 5.41) is 3.39. The smallest absolute Gasteiger partial charge is 0.336 e. The van der Waals surface area contributed by atoms with Gasteiger partial charge in [-0.1, -0.05) is 28.9 Å². The van der Waals surface area contributed by atoms with Gasteiger partial charge in [0.05, 0.1) is 40.6 Å². The molecule has 1 N–H and O–H groups in total. The maximum atomic E-state index is 14.0. The van der Waals surface area contributed by atoms with Crippen molar-refractivity contribution in [3.63, 3.8) is 0 Å². The predicted molar refractivity (Wildman–Crippen MR) is 151 cm³/mol. The molecule has 2 atom stereocenters. The molecule has 4 rings (SSSR count). The third-order valence-corrected chi connectivity index (χ3v) is 7.86. The largest absolute Gasteiger partial charge is 0.493 e. The zero-order valence-electron chi connectivity index (χ0n) is 23.1. The molecule has 0 amide bonds. The fraction of sp³-hybridized carbons (Fsp3) is 0.400. The first-order chi connectivity index (χ1) is 18.8. The van der Waals surface area contributed by atoms with Crippen LogP contribution in [0.2, 0.25) is 0 Å². The first-order valence-electron chi connectivity index (χ1n) is 12.8. The van der Waals surface area contributed by atoms with Crippen LogP contribution in [0.25, 0.3) is 0 Å². The van der Waals surface area contributed by atoms with Crippen LogP contribution in [0.4, 0.5) is 0 Å². The molecule has 0 saturated carbocycles. The van der Waals surface area contributed by atoms with E-state index in [1.54, 1.807) is 34.5 Å². The monoisotopic (exact) mass is 599 g/mol. The van der Waals surface area contributed by atoms with Gasteiger partial charge in [0.2, 0.25) is 0 Å². The highest BCUT2D eigenvalue weighted by molar-refractivity contribution is 9.10. The molecule has 0 unspecified atom stereocenters. The number of allylic oxidation sites excluding steroid dienone is 3. The summed E-state index contributed by atoms with van der Waals surface area (Å²) in [7, 11) is 6.30. The number of ether oxygens (including phenoxy) is 5. The second-order valence-corrected chi connectivity index (χ2v) is 10.4. The molecular formula is C30H34BrNO7. The fourth-order valence-corrected chi connectivity index (χ4v) is 5.88. The second-order valence-electron chi connectivity index (χ2n) is 9.50. The van der Waals surface area contributed by atoms with Gasteiger partial charge in [0, 0.05) is 33.8 Å². The summed E-state index contributed by atoms with van der Waals surface area (Å²) in [6.45, 7) is 4.07. The van der Waals surface area contributed by atoms with Crippen molar-refractivity contribution in [3.8, 4) is 23.0 Å². The predicted octanol–water partition coefficient (Wildman–Crippen LogP) is 5.80. The Morgan fingerprint density at radius 2 is 1.59 bits per heavy atom. The van der Waals surface area contributed by atoms with Gasteiger partial charge in [0.1, 0.15) is 0 Å². The van der Waals surface area contributed by atoms with Crippen LogP contribution in [0.1, 0.15) is 56.1 Å². The molecule has 1 aliphatic carbocycles. The van der Waals surface area contributed by atoms with Crippen molar-refractivity contribution in [1.29, 1.82) is 0 Å². The molecule has 2 aliphatic rings. The molecular weight excluding hydrogens is 566 g/mol. The van der Waals surface area contributed by atoms with Gasteiger partial charge in [-0.25, -0.2) is 4.79 Å². The highest BCUT2D eigenvalue weighted by Gasteiger charge is 2.42. The van der Waals surface area contributed by atoms with Crippen molar-refractivity contribution in [2.24, 2.45) is 0 Å². The molecule has 0 radical (unpaired) electrons. The van der Waals surface area contributed by atoms with E-state index in [2.05, 4.69) is 21.2 Å². The number of esters is 1. The van der Waals surface area contributed by atoms with E-state index < -0.39 is 11.9 Å². The number of nitrogens with one attached hydrogen (secondary N) is 1. The lowest BCUT2D eigenvalue weighted by molar-refractivity contribution is -0.139. The Morgan fingerprint density at radius 3 is 2.23 bits per heavy atom. The molecule has 2 aromatic rings. The Morgan fingerprint density at radius 1 is 0.949 bits per heavy atom. The van der Waals surface area contributed by atoms with Gasteiger partial charge in [0.25, 0.3) is 0 Å². The normalized spacial score (nSPS) is 18.8. The van der Waals surface area contributed by atoms with Crippen molar-refractivity contribution in [2.45, 2.75) is 44.9 Å². The van der Waals surface area contributed by atoms with E-state index in [0.717, 1.165) is 16.8 Å². The van der Waals surface area contributed by atoms with Crippen LogP contribution in [0, 0.1) is 0 Å². The van der Waals surface area contributed by atoms with Crippen LogP contribution in [-0.2, 0) is 14.3 Å². The van der Waals surface area contributed by atoms with Crippen molar-refractivity contribution in [3.05, 3.63) is 68.5 Å². The maximum absolute atomic E-state index is 14.0. The minimum absolute atomic E-state index is 0.0384. The third kappa shape index (κ3) is 5.50. The number of hydrogen-bond donors (Lipinski definition) is 1. The van der Waals surface area contributed by atoms with Crippen LogP contribution in [0.3, 0.4) is 0 Å². The van der Waals surface area contributed by atoms with Gasteiger partial charge in [-0.3, -0.25) is 4.79 Å². The topological polar surface area (TPSA) is 92.3 Å². The van der Waals surface area contributed by atoms with Gasteiger partial charge in [-0.05, 0) is 61.1 Å². The zero-order chi connectivity index (χ0) is 28.3. The number of ketones is 1. The van der Waals surface area contributed by atoms with Crippen molar-refractivity contribution in [1.82, 2.24) is 5.32 Å². The number of benzene rings is 2. The average molecular weight is 601 g/mol. The van der Waals surface area contributed by atoms with E-state index in [0.29, 0.717) is 57.2 Å². The van der Waals surface area contributed by atoms with Crippen LogP contribution in [0.15, 0.2) is 57.3 Å². The quantitative estimate of drug-likeness (QED) is 0.362. The van der Waals surface area contributed by atoms with Gasteiger partial charge in [-0.2, -0.15) is 0 Å². The van der Waals surface area contributed by atoms with E-state index in [-0.39, 0.29) is 24.7 Å². The molecule has 0 bridgehead atoms. The number of Topliss-reactive ketones (excluding diaryl/α,β-unsaturated/α-hetero) is 1. The van der Waals surface area contributed by atoms with Crippen LogP contribution in [0.5, 0.6) is 23.0 Å². The van der Waals surface area contributed by atoms with Gasteiger partial charge < -0.3 is 29.0 Å².